The zero-order valence-electron chi connectivity index (χ0n) is 14.1. The number of carbonyl (C=O) groups is 1. The van der Waals surface area contributed by atoms with Crippen molar-refractivity contribution in [2.24, 2.45) is 40.2 Å². The highest BCUT2D eigenvalue weighted by molar-refractivity contribution is 5.91. The summed E-state index contributed by atoms with van der Waals surface area (Å²) in [6.45, 7) is 4.39. The third-order valence-corrected chi connectivity index (χ3v) is 8.08. The van der Waals surface area contributed by atoms with Crippen LogP contribution in [0.3, 0.4) is 0 Å². The van der Waals surface area contributed by atoms with Gasteiger partial charge in [-0.2, -0.15) is 0 Å². The summed E-state index contributed by atoms with van der Waals surface area (Å²) in [7, 11) is 0. The molecule has 0 saturated heterocycles. The van der Waals surface area contributed by atoms with Crippen molar-refractivity contribution in [2.45, 2.75) is 64.2 Å². The summed E-state index contributed by atoms with van der Waals surface area (Å²) in [4.78, 5) is 11.8. The number of fused-ring (bicyclic) bond motifs is 5. The summed E-state index contributed by atoms with van der Waals surface area (Å²) in [5.41, 5.74) is 6.04. The highest BCUT2D eigenvalue weighted by atomic mass is 16.3. The van der Waals surface area contributed by atoms with Gasteiger partial charge in [0.25, 0.3) is 0 Å². The zero-order chi connectivity index (χ0) is 16.6. The molecule has 4 rings (SSSR count). The summed E-state index contributed by atoms with van der Waals surface area (Å²) in [5.74, 6) is 1.52. The molecule has 23 heavy (non-hydrogen) atoms. The quantitative estimate of drug-likeness (QED) is 0.634. The van der Waals surface area contributed by atoms with E-state index in [2.05, 4.69) is 19.9 Å². The molecule has 0 bridgehead atoms. The monoisotopic (exact) mass is 319 g/mol. The molecule has 4 aliphatic carbocycles. The number of aliphatic hydroxyl groups is 2. The zero-order valence-corrected chi connectivity index (χ0v) is 14.1. The Balaban J connectivity index is 1.74. The molecular weight excluding hydrogens is 290 g/mol. The van der Waals surface area contributed by atoms with Crippen LogP contribution in [0.25, 0.3) is 0 Å². The van der Waals surface area contributed by atoms with Gasteiger partial charge in [0.1, 0.15) is 0 Å². The van der Waals surface area contributed by atoms with Crippen molar-refractivity contribution >= 4 is 5.78 Å². The molecule has 4 aliphatic rings. The van der Waals surface area contributed by atoms with Crippen LogP contribution >= 0.6 is 0 Å². The van der Waals surface area contributed by atoms with Gasteiger partial charge in [0.2, 0.25) is 0 Å². The number of ketones is 1. The molecule has 0 aliphatic heterocycles. The van der Waals surface area contributed by atoms with E-state index < -0.39 is 12.2 Å². The standard InChI is InChI=1S/C19H29NO3/c1-18-6-5-11(21)7-10(18)3-4-12-13-8-14(22)17(20)19(13,2)9-15(23)16(12)18/h5-6,10,12-17,22-23H,3-4,7-9,20H2,1-2H3/t10?,12-,13-,14?,15?,16-,17?,18-,19-/m0/s1. The molecule has 0 amide bonds. The first-order chi connectivity index (χ1) is 10.8. The fourth-order valence-corrected chi connectivity index (χ4v) is 6.81. The van der Waals surface area contributed by atoms with Crippen molar-refractivity contribution < 1.29 is 15.0 Å². The van der Waals surface area contributed by atoms with Gasteiger partial charge in [0, 0.05) is 12.5 Å². The second kappa shape index (κ2) is 4.90. The van der Waals surface area contributed by atoms with Gasteiger partial charge in [-0.3, -0.25) is 4.79 Å². The largest absolute Gasteiger partial charge is 0.393 e. The lowest BCUT2D eigenvalue weighted by atomic mass is 9.45. The molecule has 4 heteroatoms. The predicted octanol–water partition coefficient (Wildman–Crippen LogP) is 1.64. The Bertz CT molecular complexity index is 561. The molecule has 3 saturated carbocycles. The fraction of sp³-hybridized carbons (Fsp3) is 0.842. The second-order valence-corrected chi connectivity index (χ2v) is 9.05. The molecule has 4 N–H and O–H groups in total. The maximum Gasteiger partial charge on any atom is 0.155 e. The maximum atomic E-state index is 11.8. The molecule has 0 radical (unpaired) electrons. The molecule has 3 fully saturated rings. The summed E-state index contributed by atoms with van der Waals surface area (Å²) in [6, 6.07) is -0.239. The van der Waals surface area contributed by atoms with Crippen LogP contribution in [0.2, 0.25) is 0 Å². The van der Waals surface area contributed by atoms with Gasteiger partial charge in [-0.25, -0.2) is 0 Å². The Labute approximate surface area is 138 Å². The molecule has 0 aromatic carbocycles. The maximum absolute atomic E-state index is 11.8. The van der Waals surface area contributed by atoms with Crippen LogP contribution in [0, 0.1) is 34.5 Å². The van der Waals surface area contributed by atoms with Crippen LogP contribution in [-0.2, 0) is 4.79 Å². The normalized spacial score (nSPS) is 58.5. The van der Waals surface area contributed by atoms with Crippen LogP contribution in [-0.4, -0.2) is 34.2 Å². The molecule has 4 nitrogen and oxygen atoms in total. The van der Waals surface area contributed by atoms with Crippen molar-refractivity contribution in [3.8, 4) is 0 Å². The molecule has 128 valence electrons. The van der Waals surface area contributed by atoms with E-state index >= 15 is 0 Å². The molecule has 9 atom stereocenters. The summed E-state index contributed by atoms with van der Waals surface area (Å²) < 4.78 is 0. The average molecular weight is 319 g/mol. The first kappa shape index (κ1) is 15.8. The van der Waals surface area contributed by atoms with Crippen LogP contribution in [0.4, 0.5) is 0 Å². The Morgan fingerprint density at radius 3 is 2.70 bits per heavy atom. The van der Waals surface area contributed by atoms with Gasteiger partial charge in [-0.15, -0.1) is 0 Å². The lowest BCUT2D eigenvalue weighted by Gasteiger charge is -2.60. The molecule has 0 spiro atoms. The minimum Gasteiger partial charge on any atom is -0.393 e. The van der Waals surface area contributed by atoms with E-state index in [0.29, 0.717) is 30.6 Å². The van der Waals surface area contributed by atoms with Crippen molar-refractivity contribution in [2.75, 3.05) is 0 Å². The summed E-state index contributed by atoms with van der Waals surface area (Å²) in [6.07, 6.45) is 7.09. The first-order valence-corrected chi connectivity index (χ1v) is 9.11. The average Bonchev–Trinajstić information content (AvgIpc) is 2.71. The van der Waals surface area contributed by atoms with Crippen molar-refractivity contribution in [3.05, 3.63) is 12.2 Å². The van der Waals surface area contributed by atoms with E-state index in [1.807, 2.05) is 0 Å². The Morgan fingerprint density at radius 2 is 1.96 bits per heavy atom. The van der Waals surface area contributed by atoms with E-state index in [-0.39, 0.29) is 28.6 Å². The van der Waals surface area contributed by atoms with Crippen molar-refractivity contribution in [3.63, 3.8) is 0 Å². The van der Waals surface area contributed by atoms with Gasteiger partial charge in [0.15, 0.2) is 5.78 Å². The van der Waals surface area contributed by atoms with Gasteiger partial charge in [-0.1, -0.05) is 19.9 Å². The second-order valence-electron chi connectivity index (χ2n) is 9.05. The number of nitrogens with two attached hydrogens (primary N) is 1. The smallest absolute Gasteiger partial charge is 0.155 e. The minimum absolute atomic E-state index is 0.102. The van der Waals surface area contributed by atoms with Gasteiger partial charge in [0.05, 0.1) is 12.2 Å². The molecule has 4 unspecified atom stereocenters. The fourth-order valence-electron chi connectivity index (χ4n) is 6.81. The van der Waals surface area contributed by atoms with Crippen molar-refractivity contribution in [1.29, 1.82) is 0 Å². The first-order valence-electron chi connectivity index (χ1n) is 9.11. The van der Waals surface area contributed by atoms with E-state index in [4.69, 9.17) is 5.73 Å². The highest BCUT2D eigenvalue weighted by Gasteiger charge is 2.63. The lowest BCUT2D eigenvalue weighted by Crippen LogP contribution is -2.59. The molecule has 0 aromatic rings. The number of carbonyl (C=O) groups excluding carboxylic acids is 1. The number of aliphatic hydroxyl groups excluding tert-OH is 2. The number of hydrogen-bond acceptors (Lipinski definition) is 4. The van der Waals surface area contributed by atoms with Crippen LogP contribution in [0.15, 0.2) is 12.2 Å². The predicted molar refractivity (Wildman–Crippen MR) is 87.4 cm³/mol. The Kier molecular flexibility index (Phi) is 3.37. The molecular formula is C19H29NO3. The lowest BCUT2D eigenvalue weighted by molar-refractivity contribution is -0.145. The van der Waals surface area contributed by atoms with Crippen LogP contribution < -0.4 is 5.73 Å². The van der Waals surface area contributed by atoms with Crippen molar-refractivity contribution in [1.82, 2.24) is 0 Å². The minimum atomic E-state index is -0.454. The third-order valence-electron chi connectivity index (χ3n) is 8.08. The number of rotatable bonds is 0. The van der Waals surface area contributed by atoms with E-state index in [0.717, 1.165) is 19.3 Å². The van der Waals surface area contributed by atoms with Gasteiger partial charge < -0.3 is 15.9 Å². The van der Waals surface area contributed by atoms with Gasteiger partial charge in [-0.05, 0) is 66.3 Å². The van der Waals surface area contributed by atoms with Crippen LogP contribution in [0.5, 0.6) is 0 Å². The third kappa shape index (κ3) is 1.98. The number of allylic oxidation sites excluding steroid dienone is 2. The molecule has 0 heterocycles. The van der Waals surface area contributed by atoms with E-state index in [1.165, 1.54) is 0 Å². The van der Waals surface area contributed by atoms with E-state index in [1.54, 1.807) is 6.08 Å². The Morgan fingerprint density at radius 1 is 1.22 bits per heavy atom. The summed E-state index contributed by atoms with van der Waals surface area (Å²) in [5, 5.41) is 21.4. The van der Waals surface area contributed by atoms with Crippen LogP contribution in [0.1, 0.15) is 46.0 Å². The Hall–Kier alpha value is -0.710. The topological polar surface area (TPSA) is 83.5 Å². The van der Waals surface area contributed by atoms with E-state index in [9.17, 15) is 15.0 Å². The number of hydrogen-bond donors (Lipinski definition) is 3. The molecule has 0 aromatic heterocycles. The van der Waals surface area contributed by atoms with Gasteiger partial charge >= 0.3 is 0 Å². The highest BCUT2D eigenvalue weighted by Crippen LogP contribution is 2.64. The SMILES string of the molecule is C[C@]12C=CC(=O)CC1CC[C@@H]1[C@H]2C(O)C[C@]2(C)C(N)C(O)C[C@@H]12. The summed E-state index contributed by atoms with van der Waals surface area (Å²) >= 11 is 0.